The van der Waals surface area contributed by atoms with Crippen molar-refractivity contribution in [3.63, 3.8) is 0 Å². The summed E-state index contributed by atoms with van der Waals surface area (Å²) in [5.41, 5.74) is 0.629. The average Bonchev–Trinajstić information content (AvgIpc) is 2.63. The van der Waals surface area contributed by atoms with Gasteiger partial charge in [-0.3, -0.25) is 0 Å². The van der Waals surface area contributed by atoms with Gasteiger partial charge in [0.25, 0.3) is 0 Å². The van der Waals surface area contributed by atoms with Crippen LogP contribution in [0.3, 0.4) is 0 Å². The zero-order chi connectivity index (χ0) is 16.5. The molecular formula is C20H20O4. The molecule has 0 radical (unpaired) electrons. The molecule has 2 aliphatic heterocycles. The van der Waals surface area contributed by atoms with Crippen molar-refractivity contribution in [2.24, 2.45) is 11.8 Å². The van der Waals surface area contributed by atoms with E-state index in [4.69, 9.17) is 9.47 Å². The molecule has 1 aliphatic carbocycles. The smallest absolute Gasteiger partial charge is 0.339 e. The molecular weight excluding hydrogens is 304 g/mol. The minimum absolute atomic E-state index is 0.301. The summed E-state index contributed by atoms with van der Waals surface area (Å²) in [5.74, 6) is -0.0279. The Labute approximate surface area is 140 Å². The van der Waals surface area contributed by atoms with Crippen molar-refractivity contribution >= 4 is 22.7 Å². The van der Waals surface area contributed by atoms with Crippen LogP contribution in [-0.4, -0.2) is 25.2 Å². The van der Waals surface area contributed by atoms with Crippen LogP contribution in [0.2, 0.25) is 0 Å². The first kappa shape index (κ1) is 15.2. The third-order valence-corrected chi connectivity index (χ3v) is 5.22. The first-order valence-corrected chi connectivity index (χ1v) is 8.58. The van der Waals surface area contributed by atoms with E-state index in [2.05, 4.69) is 0 Å². The Balaban J connectivity index is 1.80. The van der Waals surface area contributed by atoms with E-state index in [0.29, 0.717) is 36.2 Å². The number of rotatable bonds is 0. The highest BCUT2D eigenvalue weighted by molar-refractivity contribution is 6.12. The molecule has 124 valence electrons. The second-order valence-corrected chi connectivity index (χ2v) is 6.79. The van der Waals surface area contributed by atoms with Gasteiger partial charge < -0.3 is 9.47 Å². The Morgan fingerprint density at radius 1 is 0.750 bits per heavy atom. The molecule has 2 bridgehead atoms. The molecule has 2 aromatic carbocycles. The number of hydrogen-bond acceptors (Lipinski definition) is 4. The zero-order valence-corrected chi connectivity index (χ0v) is 13.5. The largest absolute Gasteiger partial charge is 0.462 e. The molecule has 0 saturated heterocycles. The van der Waals surface area contributed by atoms with Gasteiger partial charge in [0.05, 0.1) is 24.3 Å². The maximum Gasteiger partial charge on any atom is 0.339 e. The van der Waals surface area contributed by atoms with Gasteiger partial charge in [0.1, 0.15) is 0 Å². The lowest BCUT2D eigenvalue weighted by atomic mass is 9.83. The summed E-state index contributed by atoms with van der Waals surface area (Å²) in [6.45, 7) is 0.871. The Kier molecular flexibility index (Phi) is 3.97. The highest BCUT2D eigenvalue weighted by Gasteiger charge is 2.28. The Hall–Kier alpha value is -2.36. The fourth-order valence-electron chi connectivity index (χ4n) is 3.76. The Morgan fingerprint density at radius 2 is 1.38 bits per heavy atom. The van der Waals surface area contributed by atoms with Gasteiger partial charge in [0.15, 0.2) is 0 Å². The molecule has 4 nitrogen and oxygen atoms in total. The van der Waals surface area contributed by atoms with E-state index in [9.17, 15) is 9.59 Å². The molecule has 0 atom stereocenters. The highest BCUT2D eigenvalue weighted by atomic mass is 16.5. The Bertz CT molecular complexity index is 787. The monoisotopic (exact) mass is 324 g/mol. The van der Waals surface area contributed by atoms with Crippen LogP contribution in [0.15, 0.2) is 36.4 Å². The van der Waals surface area contributed by atoms with Crippen LogP contribution in [0.25, 0.3) is 10.8 Å². The average molecular weight is 324 g/mol. The van der Waals surface area contributed by atoms with Crippen LogP contribution in [0.1, 0.15) is 46.4 Å². The standard InChI is InChI=1S/C20H20O4/c21-19-17-10-9-15-3-1-2-4-16(15)18(17)20(22)24-12-14-7-5-13(6-8-14)11-23-19/h1-4,9-10,13-14H,5-8,11-12H2. The summed E-state index contributed by atoms with van der Waals surface area (Å²) in [5, 5.41) is 1.65. The van der Waals surface area contributed by atoms with E-state index in [-0.39, 0.29) is 0 Å². The summed E-state index contributed by atoms with van der Waals surface area (Å²) >= 11 is 0. The van der Waals surface area contributed by atoms with Crippen molar-refractivity contribution in [2.45, 2.75) is 25.7 Å². The van der Waals surface area contributed by atoms with Crippen LogP contribution in [0.4, 0.5) is 0 Å². The number of esters is 2. The fraction of sp³-hybridized carbons (Fsp3) is 0.400. The number of hydrogen-bond donors (Lipinski definition) is 0. The second kappa shape index (κ2) is 6.27. The van der Waals surface area contributed by atoms with Crippen molar-refractivity contribution in [3.8, 4) is 0 Å². The fourth-order valence-corrected chi connectivity index (χ4v) is 3.76. The minimum atomic E-state index is -0.435. The van der Waals surface area contributed by atoms with E-state index in [1.54, 1.807) is 6.07 Å². The second-order valence-electron chi connectivity index (χ2n) is 6.79. The molecule has 1 fully saturated rings. The van der Waals surface area contributed by atoms with Crippen molar-refractivity contribution in [1.82, 2.24) is 0 Å². The molecule has 0 amide bonds. The molecule has 0 aromatic heterocycles. The van der Waals surface area contributed by atoms with Crippen molar-refractivity contribution in [2.75, 3.05) is 13.2 Å². The summed E-state index contributed by atoms with van der Waals surface area (Å²) in [6.07, 6.45) is 4.11. The lowest BCUT2D eigenvalue weighted by Gasteiger charge is -2.28. The van der Waals surface area contributed by atoms with Crippen LogP contribution in [0.5, 0.6) is 0 Å². The summed E-state index contributed by atoms with van der Waals surface area (Å²) in [6, 6.07) is 11.1. The molecule has 2 aromatic rings. The van der Waals surface area contributed by atoms with Gasteiger partial charge in [0.2, 0.25) is 0 Å². The summed E-state index contributed by atoms with van der Waals surface area (Å²) in [4.78, 5) is 25.3. The molecule has 0 N–H and O–H groups in total. The SMILES string of the molecule is O=C1OCC2CCC(CC2)COC(=O)c2c1ccc1ccccc21. The van der Waals surface area contributed by atoms with E-state index >= 15 is 0 Å². The van der Waals surface area contributed by atoms with Gasteiger partial charge in [-0.25, -0.2) is 9.59 Å². The molecule has 0 spiro atoms. The van der Waals surface area contributed by atoms with E-state index in [1.165, 1.54) is 0 Å². The maximum atomic E-state index is 12.7. The van der Waals surface area contributed by atoms with Crippen molar-refractivity contribution in [1.29, 1.82) is 0 Å². The molecule has 1 saturated carbocycles. The van der Waals surface area contributed by atoms with Gasteiger partial charge >= 0.3 is 11.9 Å². The predicted octanol–water partition coefficient (Wildman–Crippen LogP) is 3.97. The van der Waals surface area contributed by atoms with Crippen molar-refractivity contribution in [3.05, 3.63) is 47.5 Å². The van der Waals surface area contributed by atoms with Crippen molar-refractivity contribution < 1.29 is 19.1 Å². The molecule has 5 rings (SSSR count). The first-order chi connectivity index (χ1) is 11.7. The quantitative estimate of drug-likeness (QED) is 0.688. The molecule has 3 aliphatic rings. The van der Waals surface area contributed by atoms with Gasteiger partial charge in [-0.2, -0.15) is 0 Å². The van der Waals surface area contributed by atoms with Crippen LogP contribution < -0.4 is 0 Å². The molecule has 4 heteroatoms. The summed E-state index contributed by atoms with van der Waals surface area (Å²) in [7, 11) is 0. The zero-order valence-electron chi connectivity index (χ0n) is 13.5. The lowest BCUT2D eigenvalue weighted by molar-refractivity contribution is 0.0263. The number of carbonyl (C=O) groups is 2. The van der Waals surface area contributed by atoms with Crippen LogP contribution in [-0.2, 0) is 9.47 Å². The highest BCUT2D eigenvalue weighted by Crippen LogP contribution is 2.31. The van der Waals surface area contributed by atoms with Crippen LogP contribution >= 0.6 is 0 Å². The first-order valence-electron chi connectivity index (χ1n) is 8.58. The molecule has 0 unspecified atom stereocenters. The maximum absolute atomic E-state index is 12.7. The third-order valence-electron chi connectivity index (χ3n) is 5.22. The predicted molar refractivity (Wildman–Crippen MR) is 90.0 cm³/mol. The van der Waals surface area contributed by atoms with E-state index in [1.807, 2.05) is 30.3 Å². The van der Waals surface area contributed by atoms with Gasteiger partial charge in [-0.05, 0) is 54.4 Å². The summed E-state index contributed by atoms with van der Waals surface area (Å²) < 4.78 is 11.1. The van der Waals surface area contributed by atoms with Crippen LogP contribution in [0, 0.1) is 11.8 Å². The Morgan fingerprint density at radius 3 is 2.08 bits per heavy atom. The third kappa shape index (κ3) is 2.77. The number of carbonyl (C=O) groups excluding carboxylic acids is 2. The minimum Gasteiger partial charge on any atom is -0.462 e. The van der Waals surface area contributed by atoms with Gasteiger partial charge in [-0.15, -0.1) is 0 Å². The topological polar surface area (TPSA) is 52.6 Å². The molecule has 24 heavy (non-hydrogen) atoms. The number of benzene rings is 2. The lowest BCUT2D eigenvalue weighted by Crippen LogP contribution is -2.26. The number of fused-ring (bicyclic) bond motifs is 7. The molecule has 2 heterocycles. The normalized spacial score (nSPS) is 24.5. The van der Waals surface area contributed by atoms with Gasteiger partial charge in [0, 0.05) is 0 Å². The number of ether oxygens (including phenoxy) is 2. The van der Waals surface area contributed by atoms with Gasteiger partial charge in [-0.1, -0.05) is 30.3 Å². The van der Waals surface area contributed by atoms with E-state index in [0.717, 1.165) is 36.5 Å². The van der Waals surface area contributed by atoms with E-state index < -0.39 is 11.9 Å².